The standard InChI is InChI=1S/C19H27N3O/c1-3-22(4-2)15-11-9-14(10-12-15)13-20-21-19(23)18-16-7-5-6-8-17(16)18/h9-13,16-18H,3-8H2,1-2H3,(H,21,23)/b20-13+. The molecule has 1 N–H and O–H groups in total. The van der Waals surface area contributed by atoms with E-state index >= 15 is 0 Å². The van der Waals surface area contributed by atoms with Gasteiger partial charge in [0.25, 0.3) is 0 Å². The lowest BCUT2D eigenvalue weighted by molar-refractivity contribution is -0.122. The number of nitrogens with zero attached hydrogens (tertiary/aromatic N) is 2. The van der Waals surface area contributed by atoms with E-state index in [1.165, 1.54) is 31.4 Å². The molecule has 0 heterocycles. The van der Waals surface area contributed by atoms with Gasteiger partial charge in [-0.15, -0.1) is 0 Å². The second-order valence-electron chi connectivity index (χ2n) is 6.64. The van der Waals surface area contributed by atoms with E-state index in [1.54, 1.807) is 6.21 Å². The molecule has 0 spiro atoms. The summed E-state index contributed by atoms with van der Waals surface area (Å²) in [4.78, 5) is 14.5. The topological polar surface area (TPSA) is 44.7 Å². The molecule has 0 saturated heterocycles. The van der Waals surface area contributed by atoms with Gasteiger partial charge in [-0.2, -0.15) is 5.10 Å². The van der Waals surface area contributed by atoms with E-state index in [1.807, 2.05) is 12.1 Å². The van der Waals surface area contributed by atoms with E-state index in [0.29, 0.717) is 11.8 Å². The second-order valence-corrected chi connectivity index (χ2v) is 6.64. The van der Waals surface area contributed by atoms with Crippen molar-refractivity contribution in [3.8, 4) is 0 Å². The number of nitrogens with one attached hydrogen (secondary N) is 1. The van der Waals surface area contributed by atoms with Gasteiger partial charge in [0.1, 0.15) is 0 Å². The Morgan fingerprint density at radius 3 is 2.35 bits per heavy atom. The van der Waals surface area contributed by atoms with E-state index in [0.717, 1.165) is 18.7 Å². The van der Waals surface area contributed by atoms with Crippen molar-refractivity contribution in [3.05, 3.63) is 29.8 Å². The van der Waals surface area contributed by atoms with Crippen LogP contribution in [-0.4, -0.2) is 25.2 Å². The lowest BCUT2D eigenvalue weighted by Gasteiger charge is -2.20. The predicted octanol–water partition coefficient (Wildman–Crippen LogP) is 3.42. The predicted molar refractivity (Wildman–Crippen MR) is 94.7 cm³/mol. The highest BCUT2D eigenvalue weighted by Crippen LogP contribution is 2.55. The molecule has 0 aromatic heterocycles. The summed E-state index contributed by atoms with van der Waals surface area (Å²) in [5.41, 5.74) is 4.96. The minimum absolute atomic E-state index is 0.109. The molecule has 2 aliphatic rings. The van der Waals surface area contributed by atoms with Crippen LogP contribution in [0.2, 0.25) is 0 Å². The molecule has 2 saturated carbocycles. The summed E-state index contributed by atoms with van der Waals surface area (Å²) in [6.07, 6.45) is 6.74. The summed E-state index contributed by atoms with van der Waals surface area (Å²) in [5, 5.41) is 4.14. The van der Waals surface area contributed by atoms with Crippen LogP contribution in [0.15, 0.2) is 29.4 Å². The fourth-order valence-electron chi connectivity index (χ4n) is 3.99. The molecule has 0 bridgehead atoms. The Balaban J connectivity index is 1.51. The van der Waals surface area contributed by atoms with Gasteiger partial charge in [0, 0.05) is 24.7 Å². The average Bonchev–Trinajstić information content (AvgIpc) is 3.32. The van der Waals surface area contributed by atoms with E-state index in [9.17, 15) is 4.79 Å². The van der Waals surface area contributed by atoms with Crippen molar-refractivity contribution in [1.82, 2.24) is 5.43 Å². The van der Waals surface area contributed by atoms with Crippen LogP contribution in [0.3, 0.4) is 0 Å². The van der Waals surface area contributed by atoms with Gasteiger partial charge >= 0.3 is 0 Å². The normalized spacial score (nSPS) is 25.9. The van der Waals surface area contributed by atoms with E-state index in [-0.39, 0.29) is 11.8 Å². The number of fused-ring (bicyclic) bond motifs is 1. The number of carbonyl (C=O) groups is 1. The molecule has 1 aromatic rings. The summed E-state index contributed by atoms with van der Waals surface area (Å²) < 4.78 is 0. The summed E-state index contributed by atoms with van der Waals surface area (Å²) in [6.45, 7) is 6.32. The van der Waals surface area contributed by atoms with Crippen molar-refractivity contribution >= 4 is 17.8 Å². The molecule has 1 amide bonds. The number of carbonyl (C=O) groups excluding carboxylic acids is 1. The van der Waals surface area contributed by atoms with Crippen LogP contribution in [0, 0.1) is 17.8 Å². The summed E-state index contributed by atoms with van der Waals surface area (Å²) >= 11 is 0. The second kappa shape index (κ2) is 7.16. The molecule has 2 fully saturated rings. The van der Waals surface area contributed by atoms with Crippen LogP contribution >= 0.6 is 0 Å². The molecule has 23 heavy (non-hydrogen) atoms. The Morgan fingerprint density at radius 1 is 1.17 bits per heavy atom. The van der Waals surface area contributed by atoms with Crippen LogP contribution in [0.25, 0.3) is 0 Å². The van der Waals surface area contributed by atoms with Gasteiger partial charge in [-0.05, 0) is 56.2 Å². The van der Waals surface area contributed by atoms with Crippen LogP contribution in [0.5, 0.6) is 0 Å². The third kappa shape index (κ3) is 3.57. The smallest absolute Gasteiger partial charge is 0.243 e. The Bertz CT molecular complexity index is 550. The van der Waals surface area contributed by atoms with Crippen LogP contribution < -0.4 is 10.3 Å². The number of benzene rings is 1. The first-order valence-electron chi connectivity index (χ1n) is 8.92. The average molecular weight is 313 g/mol. The molecule has 3 rings (SSSR count). The third-order valence-electron chi connectivity index (χ3n) is 5.37. The maximum absolute atomic E-state index is 12.2. The first kappa shape index (κ1) is 16.0. The lowest BCUT2D eigenvalue weighted by Crippen LogP contribution is -2.21. The molecule has 2 aliphatic carbocycles. The van der Waals surface area contributed by atoms with Gasteiger partial charge in [-0.1, -0.05) is 25.0 Å². The molecule has 0 radical (unpaired) electrons. The molecule has 0 aliphatic heterocycles. The van der Waals surface area contributed by atoms with E-state index in [4.69, 9.17) is 0 Å². The SMILES string of the molecule is CCN(CC)c1ccc(/C=N/NC(=O)C2C3CCCCC32)cc1. The Morgan fingerprint density at radius 2 is 1.78 bits per heavy atom. The van der Waals surface area contributed by atoms with Crippen LogP contribution in [0.1, 0.15) is 45.1 Å². The van der Waals surface area contributed by atoms with E-state index in [2.05, 4.69) is 41.4 Å². The fraction of sp³-hybridized carbons (Fsp3) is 0.579. The first-order valence-corrected chi connectivity index (χ1v) is 8.92. The Kier molecular flexibility index (Phi) is 4.99. The summed E-state index contributed by atoms with van der Waals surface area (Å²) in [7, 11) is 0. The number of hydrogen-bond acceptors (Lipinski definition) is 3. The largest absolute Gasteiger partial charge is 0.372 e. The zero-order chi connectivity index (χ0) is 16.2. The van der Waals surface area contributed by atoms with Crippen molar-refractivity contribution in [3.63, 3.8) is 0 Å². The Labute approximate surface area is 139 Å². The van der Waals surface area contributed by atoms with Crippen molar-refractivity contribution in [2.75, 3.05) is 18.0 Å². The fourth-order valence-corrected chi connectivity index (χ4v) is 3.99. The van der Waals surface area contributed by atoms with E-state index < -0.39 is 0 Å². The lowest BCUT2D eigenvalue weighted by atomic mass is 10.0. The van der Waals surface area contributed by atoms with Gasteiger partial charge in [-0.25, -0.2) is 5.43 Å². The maximum Gasteiger partial charge on any atom is 0.243 e. The minimum atomic E-state index is 0.109. The number of hydrazone groups is 1. The number of anilines is 1. The highest BCUT2D eigenvalue weighted by Gasteiger charge is 2.54. The summed E-state index contributed by atoms with van der Waals surface area (Å²) in [5.74, 6) is 1.59. The van der Waals surface area contributed by atoms with Crippen LogP contribution in [-0.2, 0) is 4.79 Å². The number of amides is 1. The van der Waals surface area contributed by atoms with Crippen molar-refractivity contribution in [2.45, 2.75) is 39.5 Å². The first-order chi connectivity index (χ1) is 11.2. The molecular weight excluding hydrogens is 286 g/mol. The van der Waals surface area contributed by atoms with Crippen molar-refractivity contribution in [2.24, 2.45) is 22.9 Å². The van der Waals surface area contributed by atoms with Gasteiger partial charge in [0.2, 0.25) is 5.91 Å². The summed E-state index contributed by atoms with van der Waals surface area (Å²) in [6, 6.07) is 8.29. The Hall–Kier alpha value is -1.84. The quantitative estimate of drug-likeness (QED) is 0.646. The van der Waals surface area contributed by atoms with Crippen molar-refractivity contribution < 1.29 is 4.79 Å². The zero-order valence-corrected chi connectivity index (χ0v) is 14.2. The maximum atomic E-state index is 12.2. The highest BCUT2D eigenvalue weighted by atomic mass is 16.2. The third-order valence-corrected chi connectivity index (χ3v) is 5.37. The zero-order valence-electron chi connectivity index (χ0n) is 14.2. The van der Waals surface area contributed by atoms with Crippen molar-refractivity contribution in [1.29, 1.82) is 0 Å². The molecular formula is C19H27N3O. The number of hydrogen-bond donors (Lipinski definition) is 1. The number of rotatable bonds is 6. The van der Waals surface area contributed by atoms with Gasteiger partial charge < -0.3 is 4.90 Å². The van der Waals surface area contributed by atoms with Gasteiger partial charge in [0.15, 0.2) is 0 Å². The van der Waals surface area contributed by atoms with Crippen LogP contribution in [0.4, 0.5) is 5.69 Å². The molecule has 2 atom stereocenters. The molecule has 4 nitrogen and oxygen atoms in total. The van der Waals surface area contributed by atoms with Gasteiger partial charge in [0.05, 0.1) is 6.21 Å². The van der Waals surface area contributed by atoms with Gasteiger partial charge in [-0.3, -0.25) is 4.79 Å². The molecule has 124 valence electrons. The molecule has 2 unspecified atom stereocenters. The highest BCUT2D eigenvalue weighted by molar-refractivity contribution is 5.85. The minimum Gasteiger partial charge on any atom is -0.372 e. The molecule has 1 aromatic carbocycles. The molecule has 4 heteroatoms. The monoisotopic (exact) mass is 313 g/mol.